The molecule has 0 saturated heterocycles. The van der Waals surface area contributed by atoms with Crippen molar-refractivity contribution >= 4 is 11.0 Å². The normalized spacial score (nSPS) is 18.0. The van der Waals surface area contributed by atoms with Crippen molar-refractivity contribution in [3.8, 4) is 0 Å². The molecule has 1 aromatic heterocycles. The van der Waals surface area contributed by atoms with Crippen LogP contribution >= 0.6 is 0 Å². The number of imidazole rings is 1. The molecule has 3 heteroatoms. The quantitative estimate of drug-likeness (QED) is 0.655. The van der Waals surface area contributed by atoms with Crippen molar-refractivity contribution in [1.29, 1.82) is 0 Å². The SMILES string of the molecule is O=c1n2c3c(ccc4c3n1CCC4)CCC2. The van der Waals surface area contributed by atoms with Crippen LogP contribution in [0.1, 0.15) is 24.0 Å². The molecule has 0 atom stereocenters. The van der Waals surface area contributed by atoms with E-state index in [1.54, 1.807) is 0 Å². The topological polar surface area (TPSA) is 26.9 Å². The lowest BCUT2D eigenvalue weighted by Gasteiger charge is -2.17. The molecule has 0 N–H and O–H groups in total. The molecule has 0 unspecified atom stereocenters. The first-order chi connectivity index (χ1) is 7.86. The summed E-state index contributed by atoms with van der Waals surface area (Å²) >= 11 is 0. The fourth-order valence-corrected chi connectivity index (χ4v) is 3.28. The fourth-order valence-electron chi connectivity index (χ4n) is 3.28. The minimum absolute atomic E-state index is 0.211. The van der Waals surface area contributed by atoms with Gasteiger partial charge in [-0.15, -0.1) is 0 Å². The summed E-state index contributed by atoms with van der Waals surface area (Å²) in [5.74, 6) is 0. The van der Waals surface area contributed by atoms with Crippen molar-refractivity contribution < 1.29 is 0 Å². The van der Waals surface area contributed by atoms with Crippen LogP contribution in [0.25, 0.3) is 11.0 Å². The number of aromatic nitrogens is 2. The van der Waals surface area contributed by atoms with Gasteiger partial charge in [-0.05, 0) is 36.8 Å². The first kappa shape index (κ1) is 8.62. The van der Waals surface area contributed by atoms with Crippen molar-refractivity contribution in [2.75, 3.05) is 0 Å². The minimum atomic E-state index is 0.211. The largest absolute Gasteiger partial charge is 0.329 e. The standard InChI is InChI=1S/C13H14N2O/c16-13-14-7-1-3-9-5-6-10-4-2-8-15(13)12(10)11(9)14/h5-6H,1-4,7-8H2. The molecule has 4 rings (SSSR count). The van der Waals surface area contributed by atoms with E-state index < -0.39 is 0 Å². The number of benzene rings is 1. The molecule has 3 heterocycles. The molecule has 2 aliphatic heterocycles. The van der Waals surface area contributed by atoms with Gasteiger partial charge in [0.05, 0.1) is 11.0 Å². The minimum Gasteiger partial charge on any atom is -0.292 e. The Morgan fingerprint density at radius 2 is 1.38 bits per heavy atom. The van der Waals surface area contributed by atoms with Gasteiger partial charge in [0.25, 0.3) is 0 Å². The van der Waals surface area contributed by atoms with Crippen LogP contribution in [0.2, 0.25) is 0 Å². The molecular formula is C13H14N2O. The second-order valence-electron chi connectivity index (χ2n) is 4.87. The van der Waals surface area contributed by atoms with Gasteiger partial charge in [-0.3, -0.25) is 9.13 Å². The van der Waals surface area contributed by atoms with Crippen molar-refractivity contribution in [3.63, 3.8) is 0 Å². The summed E-state index contributed by atoms with van der Waals surface area (Å²) in [7, 11) is 0. The summed E-state index contributed by atoms with van der Waals surface area (Å²) < 4.78 is 3.98. The summed E-state index contributed by atoms with van der Waals surface area (Å²) in [4.78, 5) is 12.2. The molecular weight excluding hydrogens is 200 g/mol. The van der Waals surface area contributed by atoms with Gasteiger partial charge >= 0.3 is 5.69 Å². The third-order valence-electron chi connectivity index (χ3n) is 3.98. The Labute approximate surface area is 93.3 Å². The first-order valence-electron chi connectivity index (χ1n) is 6.10. The van der Waals surface area contributed by atoms with Crippen LogP contribution in [-0.4, -0.2) is 9.13 Å². The number of aryl methyl sites for hydroxylation is 4. The zero-order valence-corrected chi connectivity index (χ0v) is 9.20. The third kappa shape index (κ3) is 0.872. The number of hydrogen-bond donors (Lipinski definition) is 0. The molecule has 0 aliphatic carbocycles. The smallest absolute Gasteiger partial charge is 0.292 e. The van der Waals surface area contributed by atoms with E-state index in [-0.39, 0.29) is 5.69 Å². The van der Waals surface area contributed by atoms with Gasteiger partial charge in [-0.25, -0.2) is 4.79 Å². The molecule has 0 fully saturated rings. The molecule has 3 nitrogen and oxygen atoms in total. The van der Waals surface area contributed by atoms with Gasteiger partial charge in [0, 0.05) is 13.1 Å². The van der Waals surface area contributed by atoms with Gasteiger partial charge in [0.1, 0.15) is 0 Å². The Balaban J connectivity index is 2.29. The van der Waals surface area contributed by atoms with E-state index in [4.69, 9.17) is 0 Å². The highest BCUT2D eigenvalue weighted by Crippen LogP contribution is 2.30. The maximum absolute atomic E-state index is 12.2. The highest BCUT2D eigenvalue weighted by Gasteiger charge is 2.23. The molecule has 0 spiro atoms. The van der Waals surface area contributed by atoms with E-state index in [0.29, 0.717) is 0 Å². The summed E-state index contributed by atoms with van der Waals surface area (Å²) in [6.45, 7) is 1.80. The maximum Gasteiger partial charge on any atom is 0.329 e. The zero-order valence-electron chi connectivity index (χ0n) is 9.20. The van der Waals surface area contributed by atoms with Crippen LogP contribution in [0.4, 0.5) is 0 Å². The molecule has 0 bridgehead atoms. The van der Waals surface area contributed by atoms with Gasteiger partial charge < -0.3 is 0 Å². The average molecular weight is 214 g/mol. The monoisotopic (exact) mass is 214 g/mol. The summed E-state index contributed by atoms with van der Waals surface area (Å²) in [5.41, 5.74) is 5.40. The van der Waals surface area contributed by atoms with Gasteiger partial charge in [0.15, 0.2) is 0 Å². The molecule has 16 heavy (non-hydrogen) atoms. The zero-order chi connectivity index (χ0) is 10.7. The lowest BCUT2D eigenvalue weighted by molar-refractivity contribution is 0.566. The average Bonchev–Trinajstić information content (AvgIpc) is 2.64. The Morgan fingerprint density at radius 3 is 1.88 bits per heavy atom. The lowest BCUT2D eigenvalue weighted by atomic mass is 9.98. The third-order valence-corrected chi connectivity index (χ3v) is 3.98. The number of rotatable bonds is 0. The van der Waals surface area contributed by atoms with Gasteiger partial charge in [-0.2, -0.15) is 0 Å². The van der Waals surface area contributed by atoms with Crippen LogP contribution in [0.15, 0.2) is 16.9 Å². The van der Waals surface area contributed by atoms with Crippen LogP contribution in [-0.2, 0) is 25.9 Å². The van der Waals surface area contributed by atoms with E-state index in [9.17, 15) is 4.79 Å². The fraction of sp³-hybridized carbons (Fsp3) is 0.462. The van der Waals surface area contributed by atoms with E-state index in [1.807, 2.05) is 9.13 Å². The highest BCUT2D eigenvalue weighted by atomic mass is 16.1. The van der Waals surface area contributed by atoms with Gasteiger partial charge in [-0.1, -0.05) is 12.1 Å². The van der Waals surface area contributed by atoms with E-state index in [2.05, 4.69) is 12.1 Å². The first-order valence-corrected chi connectivity index (χ1v) is 6.10. The second kappa shape index (κ2) is 2.78. The van der Waals surface area contributed by atoms with Crippen molar-refractivity contribution in [2.24, 2.45) is 0 Å². The summed E-state index contributed by atoms with van der Waals surface area (Å²) in [5, 5.41) is 0. The molecule has 0 radical (unpaired) electrons. The summed E-state index contributed by atoms with van der Waals surface area (Å²) in [6.07, 6.45) is 4.46. The molecule has 2 aromatic rings. The van der Waals surface area contributed by atoms with Crippen LogP contribution in [0.3, 0.4) is 0 Å². The molecule has 82 valence electrons. The highest BCUT2D eigenvalue weighted by molar-refractivity contribution is 5.84. The molecule has 1 aromatic carbocycles. The van der Waals surface area contributed by atoms with Crippen LogP contribution < -0.4 is 5.69 Å². The predicted octanol–water partition coefficient (Wildman–Crippen LogP) is 1.70. The molecule has 0 saturated carbocycles. The van der Waals surface area contributed by atoms with E-state index in [1.165, 1.54) is 22.2 Å². The van der Waals surface area contributed by atoms with E-state index in [0.717, 1.165) is 38.8 Å². The Morgan fingerprint density at radius 1 is 0.875 bits per heavy atom. The van der Waals surface area contributed by atoms with E-state index >= 15 is 0 Å². The Hall–Kier alpha value is -1.51. The van der Waals surface area contributed by atoms with Crippen molar-refractivity contribution in [3.05, 3.63) is 33.7 Å². The van der Waals surface area contributed by atoms with Crippen molar-refractivity contribution in [1.82, 2.24) is 9.13 Å². The van der Waals surface area contributed by atoms with Gasteiger partial charge in [0.2, 0.25) is 0 Å². The van der Waals surface area contributed by atoms with Crippen LogP contribution in [0.5, 0.6) is 0 Å². The second-order valence-corrected chi connectivity index (χ2v) is 4.87. The van der Waals surface area contributed by atoms with Crippen LogP contribution in [0, 0.1) is 0 Å². The Kier molecular flexibility index (Phi) is 1.50. The molecule has 0 amide bonds. The number of nitrogens with zero attached hydrogens (tertiary/aromatic N) is 2. The predicted molar refractivity (Wildman–Crippen MR) is 62.8 cm³/mol. The maximum atomic E-state index is 12.2. The summed E-state index contributed by atoms with van der Waals surface area (Å²) in [6, 6.07) is 4.45. The lowest BCUT2D eigenvalue weighted by Crippen LogP contribution is -2.26. The molecule has 2 aliphatic rings. The van der Waals surface area contributed by atoms with Crippen molar-refractivity contribution in [2.45, 2.75) is 38.8 Å². The number of hydrogen-bond acceptors (Lipinski definition) is 1. The Bertz CT molecular complexity index is 594.